The molecule has 10 nitrogen and oxygen atoms in total. The molecule has 0 spiro atoms. The number of hydrogen-bond acceptors (Lipinski definition) is 8. The van der Waals surface area contributed by atoms with Crippen molar-refractivity contribution in [1.82, 2.24) is 15.5 Å². The van der Waals surface area contributed by atoms with Gasteiger partial charge in [0.15, 0.2) is 23.0 Å². The van der Waals surface area contributed by atoms with Gasteiger partial charge in [0.1, 0.15) is 0 Å². The maximum absolute atomic E-state index is 12.5. The number of fused-ring (bicyclic) bond motifs is 2. The van der Waals surface area contributed by atoms with Crippen LogP contribution in [0, 0.1) is 0 Å². The molecule has 0 bridgehead atoms. The number of ether oxygens (including phenoxy) is 5. The summed E-state index contributed by atoms with van der Waals surface area (Å²) in [5, 5.41) is 5.42. The van der Waals surface area contributed by atoms with Gasteiger partial charge in [-0.05, 0) is 35.4 Å². The molecule has 0 aliphatic carbocycles. The molecule has 3 aliphatic rings. The number of hydrogen-bond donors (Lipinski definition) is 2. The van der Waals surface area contributed by atoms with Gasteiger partial charge in [-0.1, -0.05) is 12.1 Å². The summed E-state index contributed by atoms with van der Waals surface area (Å²) in [5.41, 5.74) is 1.79. The molecule has 10 heteroatoms. The summed E-state index contributed by atoms with van der Waals surface area (Å²) >= 11 is 0. The first-order chi connectivity index (χ1) is 16.2. The van der Waals surface area contributed by atoms with E-state index in [1.54, 1.807) is 12.1 Å². The topological polar surface area (TPSA) is 108 Å². The van der Waals surface area contributed by atoms with Crippen LogP contribution in [0.4, 0.5) is 0 Å². The second-order valence-corrected chi connectivity index (χ2v) is 7.86. The second kappa shape index (κ2) is 9.55. The third-order valence-corrected chi connectivity index (χ3v) is 5.82. The van der Waals surface area contributed by atoms with E-state index in [1.807, 2.05) is 24.3 Å². The highest BCUT2D eigenvalue weighted by Crippen LogP contribution is 2.35. The average molecular weight is 455 g/mol. The molecule has 3 heterocycles. The third kappa shape index (κ3) is 4.81. The maximum atomic E-state index is 12.5. The minimum atomic E-state index is -0.695. The molecule has 0 unspecified atom stereocenters. The van der Waals surface area contributed by atoms with Crippen molar-refractivity contribution in [2.45, 2.75) is 12.6 Å². The molecule has 174 valence electrons. The molecule has 0 saturated carbocycles. The Morgan fingerprint density at radius 1 is 0.818 bits per heavy atom. The second-order valence-electron chi connectivity index (χ2n) is 7.86. The molecule has 5 rings (SSSR count). The van der Waals surface area contributed by atoms with Crippen LogP contribution in [0.25, 0.3) is 0 Å². The first-order valence-corrected chi connectivity index (χ1v) is 10.8. The Morgan fingerprint density at radius 2 is 1.45 bits per heavy atom. The van der Waals surface area contributed by atoms with Crippen LogP contribution in [0.3, 0.4) is 0 Å². The lowest BCUT2D eigenvalue weighted by atomic mass is 10.0. The van der Waals surface area contributed by atoms with E-state index in [1.165, 1.54) is 0 Å². The zero-order valence-corrected chi connectivity index (χ0v) is 18.0. The summed E-state index contributed by atoms with van der Waals surface area (Å²) in [4.78, 5) is 27.1. The number of nitrogens with one attached hydrogen (secondary N) is 2. The van der Waals surface area contributed by atoms with Crippen LogP contribution in [-0.4, -0.2) is 63.1 Å². The summed E-state index contributed by atoms with van der Waals surface area (Å²) in [7, 11) is 0. The predicted octanol–water partition coefficient (Wildman–Crippen LogP) is 0.950. The molecule has 2 amide bonds. The summed E-state index contributed by atoms with van der Waals surface area (Å²) in [6, 6.07) is 11.0. The molecule has 0 radical (unpaired) electrons. The van der Waals surface area contributed by atoms with Crippen molar-refractivity contribution in [3.63, 3.8) is 0 Å². The number of benzene rings is 2. The lowest BCUT2D eigenvalue weighted by molar-refractivity contribution is -0.139. The van der Waals surface area contributed by atoms with Crippen molar-refractivity contribution in [1.29, 1.82) is 0 Å². The minimum absolute atomic E-state index is 0.131. The van der Waals surface area contributed by atoms with Crippen molar-refractivity contribution in [3.05, 3.63) is 47.5 Å². The van der Waals surface area contributed by atoms with Crippen LogP contribution in [0.1, 0.15) is 17.2 Å². The lowest BCUT2D eigenvalue weighted by Gasteiger charge is -2.34. The summed E-state index contributed by atoms with van der Waals surface area (Å²) in [5.74, 6) is 1.29. The van der Waals surface area contributed by atoms with Crippen LogP contribution >= 0.6 is 0 Å². The average Bonchev–Trinajstić information content (AvgIpc) is 3.51. The number of morpholine rings is 1. The highest BCUT2D eigenvalue weighted by Gasteiger charge is 2.26. The Bertz CT molecular complexity index is 1040. The molecule has 1 atom stereocenters. The Hall–Kier alpha value is -3.50. The zero-order chi connectivity index (χ0) is 22.6. The SMILES string of the molecule is O=C(NCc1ccc2c(c1)OCO2)C(=O)NC[C@H](c1ccc2c(c1)OCO2)N1CCOCC1. The number of carbonyl (C=O) groups excluding carboxylic acids is 2. The highest BCUT2D eigenvalue weighted by atomic mass is 16.7. The Balaban J connectivity index is 1.20. The Morgan fingerprint density at radius 3 is 2.21 bits per heavy atom. The molecule has 2 aromatic carbocycles. The van der Waals surface area contributed by atoms with Gasteiger partial charge in [-0.2, -0.15) is 0 Å². The van der Waals surface area contributed by atoms with Crippen LogP contribution in [0.2, 0.25) is 0 Å². The lowest BCUT2D eigenvalue weighted by Crippen LogP contribution is -2.46. The van der Waals surface area contributed by atoms with Crippen LogP contribution < -0.4 is 29.6 Å². The standard InChI is InChI=1S/C23H25N3O7/c27-22(24-11-15-1-3-18-20(9-15)32-13-30-18)23(28)25-12-17(26-5-7-29-8-6-26)16-2-4-19-21(10-16)33-14-31-19/h1-4,9-10,17H,5-8,11-14H2,(H,24,27)(H,25,28)/t17-/m1/s1. The molecule has 2 aromatic rings. The summed E-state index contributed by atoms with van der Waals surface area (Å²) in [6.07, 6.45) is 0. The van der Waals surface area contributed by atoms with E-state index in [9.17, 15) is 9.59 Å². The fraction of sp³-hybridized carbons (Fsp3) is 0.391. The van der Waals surface area contributed by atoms with E-state index in [-0.39, 0.29) is 32.7 Å². The van der Waals surface area contributed by atoms with Gasteiger partial charge in [0.2, 0.25) is 13.6 Å². The number of rotatable bonds is 6. The molecule has 1 saturated heterocycles. The van der Waals surface area contributed by atoms with E-state index in [4.69, 9.17) is 23.7 Å². The summed E-state index contributed by atoms with van der Waals surface area (Å²) < 4.78 is 27.0. The normalized spacial score (nSPS) is 17.5. The number of carbonyl (C=O) groups is 2. The molecule has 0 aromatic heterocycles. The predicted molar refractivity (Wildman–Crippen MR) is 115 cm³/mol. The zero-order valence-electron chi connectivity index (χ0n) is 18.0. The van der Waals surface area contributed by atoms with Gasteiger partial charge in [0.05, 0.1) is 19.3 Å². The fourth-order valence-corrected chi connectivity index (χ4v) is 4.05. The molecule has 2 N–H and O–H groups in total. The van der Waals surface area contributed by atoms with Crippen LogP contribution in [-0.2, 0) is 20.9 Å². The van der Waals surface area contributed by atoms with Gasteiger partial charge in [-0.15, -0.1) is 0 Å². The molecular weight excluding hydrogens is 430 g/mol. The van der Waals surface area contributed by atoms with Crippen molar-refractivity contribution in [2.24, 2.45) is 0 Å². The van der Waals surface area contributed by atoms with Crippen LogP contribution in [0.15, 0.2) is 36.4 Å². The fourth-order valence-electron chi connectivity index (χ4n) is 4.05. The van der Waals surface area contributed by atoms with Gasteiger partial charge in [-0.3, -0.25) is 14.5 Å². The largest absolute Gasteiger partial charge is 0.454 e. The first kappa shape index (κ1) is 21.4. The van der Waals surface area contributed by atoms with E-state index >= 15 is 0 Å². The molecule has 33 heavy (non-hydrogen) atoms. The van der Waals surface area contributed by atoms with Crippen molar-refractivity contribution >= 4 is 11.8 Å². The molecular formula is C23H25N3O7. The third-order valence-electron chi connectivity index (χ3n) is 5.82. The Kier molecular flexibility index (Phi) is 6.18. The van der Waals surface area contributed by atoms with Gasteiger partial charge in [0, 0.05) is 26.2 Å². The smallest absolute Gasteiger partial charge is 0.309 e. The summed E-state index contributed by atoms with van der Waals surface area (Å²) in [6.45, 7) is 3.54. The van der Waals surface area contributed by atoms with Crippen molar-refractivity contribution < 1.29 is 33.3 Å². The number of nitrogens with zero attached hydrogens (tertiary/aromatic N) is 1. The minimum Gasteiger partial charge on any atom is -0.454 e. The van der Waals surface area contributed by atoms with Crippen LogP contribution in [0.5, 0.6) is 23.0 Å². The van der Waals surface area contributed by atoms with Gasteiger partial charge in [0.25, 0.3) is 0 Å². The number of amides is 2. The van der Waals surface area contributed by atoms with E-state index < -0.39 is 11.8 Å². The van der Waals surface area contributed by atoms with Crippen molar-refractivity contribution in [2.75, 3.05) is 46.4 Å². The van der Waals surface area contributed by atoms with Gasteiger partial charge < -0.3 is 34.3 Å². The van der Waals surface area contributed by atoms with E-state index in [0.29, 0.717) is 36.2 Å². The van der Waals surface area contributed by atoms with Gasteiger partial charge >= 0.3 is 11.8 Å². The maximum Gasteiger partial charge on any atom is 0.309 e. The quantitative estimate of drug-likeness (QED) is 0.620. The van der Waals surface area contributed by atoms with E-state index in [2.05, 4.69) is 15.5 Å². The first-order valence-electron chi connectivity index (χ1n) is 10.8. The highest BCUT2D eigenvalue weighted by molar-refractivity contribution is 6.35. The monoisotopic (exact) mass is 455 g/mol. The van der Waals surface area contributed by atoms with Crippen molar-refractivity contribution in [3.8, 4) is 23.0 Å². The Labute approximate surface area is 190 Å². The van der Waals surface area contributed by atoms with E-state index in [0.717, 1.165) is 24.2 Å². The van der Waals surface area contributed by atoms with Gasteiger partial charge in [-0.25, -0.2) is 0 Å². The molecule has 3 aliphatic heterocycles. The molecule has 1 fully saturated rings.